The molecule has 0 amide bonds. The van der Waals surface area contributed by atoms with Crippen LogP contribution < -0.4 is 5.32 Å². The fourth-order valence-electron chi connectivity index (χ4n) is 3.99. The smallest absolute Gasteiger partial charge is 0.193 e. The molecule has 0 spiro atoms. The maximum Gasteiger partial charge on any atom is 0.193 e. The minimum absolute atomic E-state index is 0.682. The summed E-state index contributed by atoms with van der Waals surface area (Å²) in [5.74, 6) is 1.67. The second-order valence-corrected chi connectivity index (χ2v) is 7.60. The van der Waals surface area contributed by atoms with Crippen LogP contribution in [0.4, 0.5) is 0 Å². The average Bonchev–Trinajstić information content (AvgIpc) is 3.42. The van der Waals surface area contributed by atoms with Crippen molar-refractivity contribution in [3.63, 3.8) is 0 Å². The van der Waals surface area contributed by atoms with Gasteiger partial charge in [-0.3, -0.25) is 4.99 Å². The van der Waals surface area contributed by atoms with Gasteiger partial charge in [0.05, 0.1) is 6.54 Å². The van der Waals surface area contributed by atoms with E-state index in [9.17, 15) is 0 Å². The molecule has 1 aliphatic heterocycles. The number of benzene rings is 2. The van der Waals surface area contributed by atoms with Gasteiger partial charge in [-0.1, -0.05) is 54.6 Å². The van der Waals surface area contributed by atoms with Gasteiger partial charge >= 0.3 is 0 Å². The molecule has 0 bridgehead atoms. The highest BCUT2D eigenvalue weighted by Crippen LogP contribution is 2.21. The molecular formula is C23H28N6. The van der Waals surface area contributed by atoms with Crippen molar-refractivity contribution in [3.8, 4) is 0 Å². The van der Waals surface area contributed by atoms with Crippen molar-refractivity contribution in [1.82, 2.24) is 25.0 Å². The van der Waals surface area contributed by atoms with Crippen LogP contribution in [0.25, 0.3) is 0 Å². The molecule has 6 nitrogen and oxygen atoms in total. The van der Waals surface area contributed by atoms with Crippen LogP contribution >= 0.6 is 0 Å². The molecule has 29 heavy (non-hydrogen) atoms. The van der Waals surface area contributed by atoms with Crippen LogP contribution in [-0.2, 0) is 19.5 Å². The third-order valence-electron chi connectivity index (χ3n) is 5.42. The van der Waals surface area contributed by atoms with Gasteiger partial charge in [0, 0.05) is 26.7 Å². The predicted molar refractivity (Wildman–Crippen MR) is 116 cm³/mol. The van der Waals surface area contributed by atoms with Crippen LogP contribution in [0.1, 0.15) is 23.1 Å². The van der Waals surface area contributed by atoms with Gasteiger partial charge in [0.25, 0.3) is 0 Å². The Bertz CT molecular complexity index is 920. The summed E-state index contributed by atoms with van der Waals surface area (Å²) < 4.78 is 1.84. The summed E-state index contributed by atoms with van der Waals surface area (Å²) >= 11 is 0. The largest absolute Gasteiger partial charge is 0.352 e. The second-order valence-electron chi connectivity index (χ2n) is 7.60. The topological polar surface area (TPSA) is 58.3 Å². The van der Waals surface area contributed by atoms with E-state index in [0.717, 1.165) is 38.6 Å². The zero-order valence-corrected chi connectivity index (χ0v) is 16.9. The van der Waals surface area contributed by atoms with Gasteiger partial charge in [-0.2, -0.15) is 5.10 Å². The van der Waals surface area contributed by atoms with Crippen LogP contribution in [0.5, 0.6) is 0 Å². The average molecular weight is 389 g/mol. The molecule has 1 N–H and O–H groups in total. The Morgan fingerprint density at radius 3 is 2.72 bits per heavy atom. The number of aromatic nitrogens is 3. The Kier molecular flexibility index (Phi) is 6.19. The fourth-order valence-corrected chi connectivity index (χ4v) is 3.99. The summed E-state index contributed by atoms with van der Waals surface area (Å²) in [4.78, 5) is 10.9. The molecule has 150 valence electrons. The number of rotatable bonds is 6. The molecule has 2 aromatic carbocycles. The summed E-state index contributed by atoms with van der Waals surface area (Å²) in [6.07, 6.45) is 5.66. The fraction of sp³-hybridized carbons (Fsp3) is 0.348. The third kappa shape index (κ3) is 5.22. The first-order chi connectivity index (χ1) is 14.3. The maximum atomic E-state index is 4.52. The van der Waals surface area contributed by atoms with Crippen LogP contribution in [0.3, 0.4) is 0 Å². The minimum atomic E-state index is 0.682. The first-order valence-electron chi connectivity index (χ1n) is 10.2. The highest BCUT2D eigenvalue weighted by atomic mass is 15.3. The predicted octanol–water partition coefficient (Wildman–Crippen LogP) is 2.97. The number of hydrogen-bond donors (Lipinski definition) is 1. The van der Waals surface area contributed by atoms with Crippen molar-refractivity contribution in [2.45, 2.75) is 25.9 Å². The normalized spacial score (nSPS) is 16.9. The molecule has 6 heteroatoms. The molecule has 1 atom stereocenters. The van der Waals surface area contributed by atoms with Gasteiger partial charge in [0.2, 0.25) is 0 Å². The number of hydrogen-bond acceptors (Lipinski definition) is 3. The van der Waals surface area contributed by atoms with E-state index >= 15 is 0 Å². The summed E-state index contributed by atoms with van der Waals surface area (Å²) in [5, 5.41) is 7.72. The second kappa shape index (κ2) is 9.37. The van der Waals surface area contributed by atoms with Crippen molar-refractivity contribution in [3.05, 3.63) is 83.9 Å². The van der Waals surface area contributed by atoms with E-state index in [1.54, 1.807) is 12.7 Å². The van der Waals surface area contributed by atoms with Crippen molar-refractivity contribution in [2.24, 2.45) is 10.9 Å². The van der Waals surface area contributed by atoms with Gasteiger partial charge in [0.1, 0.15) is 12.7 Å². The van der Waals surface area contributed by atoms with E-state index in [4.69, 9.17) is 0 Å². The van der Waals surface area contributed by atoms with Gasteiger partial charge in [-0.15, -0.1) is 0 Å². The lowest BCUT2D eigenvalue weighted by atomic mass is 9.99. The van der Waals surface area contributed by atoms with Gasteiger partial charge < -0.3 is 10.2 Å². The third-order valence-corrected chi connectivity index (χ3v) is 5.42. The Hall–Kier alpha value is -3.15. The van der Waals surface area contributed by atoms with Gasteiger partial charge in [-0.25, -0.2) is 9.67 Å². The Morgan fingerprint density at radius 1 is 1.10 bits per heavy atom. The summed E-state index contributed by atoms with van der Waals surface area (Å²) in [6.45, 7) is 3.61. The Morgan fingerprint density at radius 2 is 1.93 bits per heavy atom. The van der Waals surface area contributed by atoms with Crippen LogP contribution in [-0.4, -0.2) is 45.8 Å². The van der Waals surface area contributed by atoms with E-state index in [-0.39, 0.29) is 0 Å². The van der Waals surface area contributed by atoms with E-state index < -0.39 is 0 Å². The zero-order valence-electron chi connectivity index (χ0n) is 16.9. The first-order valence-corrected chi connectivity index (χ1v) is 10.2. The van der Waals surface area contributed by atoms with Crippen molar-refractivity contribution >= 4 is 5.96 Å². The van der Waals surface area contributed by atoms with Crippen molar-refractivity contribution in [2.75, 3.05) is 20.1 Å². The van der Waals surface area contributed by atoms with E-state index in [2.05, 4.69) is 79.9 Å². The molecule has 3 aromatic rings. The summed E-state index contributed by atoms with van der Waals surface area (Å²) in [6, 6.07) is 19.4. The summed E-state index contributed by atoms with van der Waals surface area (Å²) in [7, 11) is 1.87. The molecule has 0 saturated carbocycles. The van der Waals surface area contributed by atoms with Gasteiger partial charge in [-0.05, 0) is 35.4 Å². The molecule has 1 unspecified atom stereocenters. The lowest BCUT2D eigenvalue weighted by molar-refractivity contribution is 0.460. The lowest BCUT2D eigenvalue weighted by Crippen LogP contribution is -2.39. The molecule has 1 aromatic heterocycles. The van der Waals surface area contributed by atoms with Crippen LogP contribution in [0.15, 0.2) is 72.2 Å². The molecule has 1 aliphatic rings. The first kappa shape index (κ1) is 19.2. The highest BCUT2D eigenvalue weighted by molar-refractivity contribution is 5.80. The van der Waals surface area contributed by atoms with Gasteiger partial charge in [0.15, 0.2) is 5.96 Å². The number of likely N-dealkylation sites (tertiary alicyclic amines) is 1. The van der Waals surface area contributed by atoms with Crippen molar-refractivity contribution in [1.29, 1.82) is 0 Å². The number of nitrogens with one attached hydrogen (secondary N) is 1. The number of nitrogens with zero attached hydrogens (tertiary/aromatic N) is 5. The molecule has 1 saturated heterocycles. The van der Waals surface area contributed by atoms with E-state index in [1.807, 2.05) is 11.7 Å². The molecule has 2 heterocycles. The molecule has 1 fully saturated rings. The van der Waals surface area contributed by atoms with Crippen LogP contribution in [0, 0.1) is 5.92 Å². The zero-order chi connectivity index (χ0) is 19.9. The van der Waals surface area contributed by atoms with E-state index in [1.165, 1.54) is 23.1 Å². The molecule has 0 radical (unpaired) electrons. The number of guanidine groups is 1. The maximum absolute atomic E-state index is 4.52. The lowest BCUT2D eigenvalue weighted by Gasteiger charge is -2.22. The quantitative estimate of drug-likeness (QED) is 0.521. The Balaban J connectivity index is 1.31. The minimum Gasteiger partial charge on any atom is -0.352 e. The molecular weight excluding hydrogens is 360 g/mol. The Labute approximate surface area is 172 Å². The monoisotopic (exact) mass is 388 g/mol. The van der Waals surface area contributed by atoms with Crippen molar-refractivity contribution < 1.29 is 0 Å². The molecule has 4 rings (SSSR count). The van der Waals surface area contributed by atoms with Crippen LogP contribution in [0.2, 0.25) is 0 Å². The highest BCUT2D eigenvalue weighted by Gasteiger charge is 2.24. The summed E-state index contributed by atoms with van der Waals surface area (Å²) in [5.41, 5.74) is 3.88. The SMILES string of the molecule is CN=C(NCc1cccc(Cn2cncn2)c1)N1CCC(Cc2ccccc2)C1. The standard InChI is InChI=1S/C23H28N6/c1-24-23(28-11-10-22(15-28)12-19-6-3-2-4-7-19)26-14-20-8-5-9-21(13-20)16-29-18-25-17-27-29/h2-9,13,17-18,22H,10-12,14-16H2,1H3,(H,24,26). The number of aliphatic imine (C=N–C) groups is 1. The molecule has 0 aliphatic carbocycles. The van der Waals surface area contributed by atoms with E-state index in [0.29, 0.717) is 5.92 Å².